The molecule has 1 amide bonds. The largest absolute Gasteiger partial charge is 0.378 e. The molecule has 1 aliphatic rings. The molecule has 1 heterocycles. The first-order chi connectivity index (χ1) is 13.7. The number of nitrogens with one attached hydrogen (secondary N) is 1. The number of carbonyl (C=O) groups excluding carboxylic acids is 2. The Hall–Kier alpha value is -3.22. The van der Waals surface area contributed by atoms with Gasteiger partial charge in [0.15, 0.2) is 5.78 Å². The summed E-state index contributed by atoms with van der Waals surface area (Å²) in [6.45, 7) is 3.19. The van der Waals surface area contributed by atoms with Gasteiger partial charge in [0.1, 0.15) is 0 Å². The third-order valence-electron chi connectivity index (χ3n) is 4.43. The molecule has 2 aromatic carbocycles. The molecule has 1 aliphatic heterocycles. The van der Waals surface area contributed by atoms with Crippen LogP contribution in [0.3, 0.4) is 0 Å². The first-order valence-corrected chi connectivity index (χ1v) is 9.03. The standard InChI is InChI=1S/C22H22N2O4/c25-21(19-7-9-20(10-8-19)24-13-15-28-16-14-24)11-5-17-1-3-18(4-2-17)6-12-22(26)23-27/h1-12,27H,13-16H2,(H,23,26)/b11-5+,12-6+. The molecular weight excluding hydrogens is 356 g/mol. The average molecular weight is 378 g/mol. The quantitative estimate of drug-likeness (QED) is 0.350. The number of amides is 1. The Morgan fingerprint density at radius 2 is 1.46 bits per heavy atom. The van der Waals surface area contributed by atoms with Crippen molar-refractivity contribution in [3.05, 3.63) is 77.4 Å². The van der Waals surface area contributed by atoms with Crippen LogP contribution < -0.4 is 10.4 Å². The summed E-state index contributed by atoms with van der Waals surface area (Å²) in [4.78, 5) is 25.6. The van der Waals surface area contributed by atoms with E-state index in [4.69, 9.17) is 9.94 Å². The molecule has 6 heteroatoms. The molecule has 2 aromatic rings. The van der Waals surface area contributed by atoms with Gasteiger partial charge in [-0.1, -0.05) is 30.3 Å². The number of anilines is 1. The number of hydrogen-bond acceptors (Lipinski definition) is 5. The molecule has 28 heavy (non-hydrogen) atoms. The maximum Gasteiger partial charge on any atom is 0.267 e. The van der Waals surface area contributed by atoms with Crippen molar-refractivity contribution in [2.45, 2.75) is 0 Å². The summed E-state index contributed by atoms with van der Waals surface area (Å²) < 4.78 is 5.36. The number of nitrogens with zero attached hydrogens (tertiary/aromatic N) is 1. The smallest absolute Gasteiger partial charge is 0.267 e. The Balaban J connectivity index is 1.60. The molecule has 0 unspecified atom stereocenters. The second-order valence-corrected chi connectivity index (χ2v) is 6.32. The van der Waals surface area contributed by atoms with Crippen LogP contribution in [-0.2, 0) is 9.53 Å². The number of ketones is 1. The Bertz CT molecular complexity index is 864. The minimum atomic E-state index is -0.589. The molecule has 3 rings (SSSR count). The Kier molecular flexibility index (Phi) is 6.73. The molecule has 0 atom stereocenters. The van der Waals surface area contributed by atoms with Crippen LogP contribution in [0.2, 0.25) is 0 Å². The fourth-order valence-corrected chi connectivity index (χ4v) is 2.85. The highest BCUT2D eigenvalue weighted by atomic mass is 16.5. The van der Waals surface area contributed by atoms with Crippen LogP contribution in [-0.4, -0.2) is 43.2 Å². The zero-order valence-electron chi connectivity index (χ0n) is 15.4. The van der Waals surface area contributed by atoms with Crippen LogP contribution in [0.1, 0.15) is 21.5 Å². The van der Waals surface area contributed by atoms with E-state index < -0.39 is 5.91 Å². The molecule has 1 fully saturated rings. The second kappa shape index (κ2) is 9.64. The van der Waals surface area contributed by atoms with Crippen molar-refractivity contribution < 1.29 is 19.5 Å². The minimum Gasteiger partial charge on any atom is -0.378 e. The highest BCUT2D eigenvalue weighted by Gasteiger charge is 2.11. The average Bonchev–Trinajstić information content (AvgIpc) is 2.77. The summed E-state index contributed by atoms with van der Waals surface area (Å²) in [6.07, 6.45) is 6.12. The number of carbonyl (C=O) groups is 2. The number of allylic oxidation sites excluding steroid dienone is 1. The Labute approximate surface area is 163 Å². The first-order valence-electron chi connectivity index (χ1n) is 9.03. The van der Waals surface area contributed by atoms with E-state index in [0.29, 0.717) is 5.56 Å². The van der Waals surface area contributed by atoms with Crippen molar-refractivity contribution >= 4 is 29.5 Å². The number of morpholine rings is 1. The summed E-state index contributed by atoms with van der Waals surface area (Å²) in [5.41, 5.74) is 4.96. The lowest BCUT2D eigenvalue weighted by Crippen LogP contribution is -2.36. The van der Waals surface area contributed by atoms with Crippen molar-refractivity contribution in [2.75, 3.05) is 31.2 Å². The van der Waals surface area contributed by atoms with Crippen molar-refractivity contribution in [2.24, 2.45) is 0 Å². The van der Waals surface area contributed by atoms with Gasteiger partial charge in [0, 0.05) is 30.4 Å². The van der Waals surface area contributed by atoms with E-state index in [1.807, 2.05) is 48.5 Å². The summed E-state index contributed by atoms with van der Waals surface area (Å²) in [6, 6.07) is 15.0. The van der Waals surface area contributed by atoms with E-state index in [2.05, 4.69) is 4.90 Å². The summed E-state index contributed by atoms with van der Waals surface area (Å²) in [5.74, 6) is -0.647. The van der Waals surface area contributed by atoms with E-state index in [0.717, 1.165) is 43.1 Å². The van der Waals surface area contributed by atoms with Crippen LogP contribution >= 0.6 is 0 Å². The molecule has 0 bridgehead atoms. The summed E-state index contributed by atoms with van der Waals surface area (Å²) in [5, 5.41) is 8.46. The van der Waals surface area contributed by atoms with Crippen molar-refractivity contribution in [3.8, 4) is 0 Å². The zero-order valence-corrected chi connectivity index (χ0v) is 15.4. The van der Waals surface area contributed by atoms with E-state index >= 15 is 0 Å². The lowest BCUT2D eigenvalue weighted by Gasteiger charge is -2.28. The number of hydrogen-bond donors (Lipinski definition) is 2. The summed E-state index contributed by atoms with van der Waals surface area (Å²) >= 11 is 0. The molecule has 0 spiro atoms. The van der Waals surface area contributed by atoms with Crippen molar-refractivity contribution in [1.82, 2.24) is 5.48 Å². The van der Waals surface area contributed by atoms with Crippen LogP contribution in [0, 0.1) is 0 Å². The minimum absolute atomic E-state index is 0.0582. The van der Waals surface area contributed by atoms with Crippen molar-refractivity contribution in [1.29, 1.82) is 0 Å². The predicted octanol–water partition coefficient (Wildman–Crippen LogP) is 2.94. The summed E-state index contributed by atoms with van der Waals surface area (Å²) in [7, 11) is 0. The topological polar surface area (TPSA) is 78.9 Å². The number of ether oxygens (including phenoxy) is 1. The van der Waals surface area contributed by atoms with Gasteiger partial charge in [-0.2, -0.15) is 0 Å². The third-order valence-corrected chi connectivity index (χ3v) is 4.43. The van der Waals surface area contributed by atoms with Gasteiger partial charge >= 0.3 is 0 Å². The molecule has 0 radical (unpaired) electrons. The maximum atomic E-state index is 12.4. The second-order valence-electron chi connectivity index (χ2n) is 6.32. The van der Waals surface area contributed by atoms with Crippen molar-refractivity contribution in [3.63, 3.8) is 0 Å². The predicted molar refractivity (Wildman–Crippen MR) is 108 cm³/mol. The molecule has 6 nitrogen and oxygen atoms in total. The van der Waals surface area contributed by atoms with E-state index in [1.54, 1.807) is 18.2 Å². The molecule has 0 saturated carbocycles. The van der Waals surface area contributed by atoms with Gasteiger partial charge in [-0.15, -0.1) is 0 Å². The van der Waals surface area contributed by atoms with Crippen LogP contribution in [0.5, 0.6) is 0 Å². The van der Waals surface area contributed by atoms with Crippen LogP contribution in [0.25, 0.3) is 12.2 Å². The monoisotopic (exact) mass is 378 g/mol. The first kappa shape index (κ1) is 19.5. The number of benzene rings is 2. The lowest BCUT2D eigenvalue weighted by atomic mass is 10.1. The normalized spacial score (nSPS) is 14.5. The molecule has 144 valence electrons. The fraction of sp³-hybridized carbons (Fsp3) is 0.182. The van der Waals surface area contributed by atoms with Gasteiger partial charge in [-0.3, -0.25) is 14.8 Å². The maximum absolute atomic E-state index is 12.4. The Morgan fingerprint density at radius 1 is 0.893 bits per heavy atom. The molecule has 0 aliphatic carbocycles. The van der Waals surface area contributed by atoms with Gasteiger partial charge in [-0.25, -0.2) is 5.48 Å². The van der Waals surface area contributed by atoms with Gasteiger partial charge in [0.05, 0.1) is 13.2 Å². The zero-order chi connectivity index (χ0) is 19.8. The molecule has 2 N–H and O–H groups in total. The van der Waals surface area contributed by atoms with Gasteiger partial charge in [0.2, 0.25) is 0 Å². The number of rotatable bonds is 6. The van der Waals surface area contributed by atoms with Gasteiger partial charge in [-0.05, 0) is 47.5 Å². The SMILES string of the molecule is O=C(/C=C/c1ccc(/C=C/C(=O)c2ccc(N3CCOCC3)cc2)cc1)NO. The molecule has 1 saturated heterocycles. The highest BCUT2D eigenvalue weighted by molar-refractivity contribution is 6.07. The number of hydroxylamine groups is 1. The van der Waals surface area contributed by atoms with E-state index in [1.165, 1.54) is 11.6 Å². The van der Waals surface area contributed by atoms with E-state index in [9.17, 15) is 9.59 Å². The van der Waals surface area contributed by atoms with Crippen LogP contribution in [0.4, 0.5) is 5.69 Å². The van der Waals surface area contributed by atoms with E-state index in [-0.39, 0.29) is 5.78 Å². The molecular formula is C22H22N2O4. The van der Waals surface area contributed by atoms with Crippen LogP contribution in [0.15, 0.2) is 60.7 Å². The third kappa shape index (κ3) is 5.39. The fourth-order valence-electron chi connectivity index (χ4n) is 2.85. The molecule has 0 aromatic heterocycles. The Morgan fingerprint density at radius 3 is 2.04 bits per heavy atom. The lowest BCUT2D eigenvalue weighted by molar-refractivity contribution is -0.124. The van der Waals surface area contributed by atoms with Gasteiger partial charge < -0.3 is 9.64 Å². The highest BCUT2D eigenvalue weighted by Crippen LogP contribution is 2.17. The van der Waals surface area contributed by atoms with Gasteiger partial charge in [0.25, 0.3) is 5.91 Å².